The highest BCUT2D eigenvalue weighted by Crippen LogP contribution is 2.09. The van der Waals surface area contributed by atoms with E-state index in [1.807, 2.05) is 44.2 Å². The Balaban J connectivity index is 1.91. The van der Waals surface area contributed by atoms with Crippen LogP contribution in [0.4, 0.5) is 4.79 Å². The lowest BCUT2D eigenvalue weighted by Crippen LogP contribution is -2.42. The molecule has 0 aliphatic rings. The second-order valence-corrected chi connectivity index (χ2v) is 6.70. The molecule has 0 bridgehead atoms. The molecule has 0 saturated heterocycles. The van der Waals surface area contributed by atoms with Gasteiger partial charge < -0.3 is 24.9 Å². The van der Waals surface area contributed by atoms with Gasteiger partial charge in [0.15, 0.2) is 5.75 Å². The minimum absolute atomic E-state index is 0.0882. The predicted octanol–water partition coefficient (Wildman–Crippen LogP) is 2.46. The normalized spacial score (nSPS) is 11.7. The van der Waals surface area contributed by atoms with E-state index in [1.54, 1.807) is 0 Å². The van der Waals surface area contributed by atoms with Gasteiger partial charge in [0.1, 0.15) is 19.3 Å². The Hall–Kier alpha value is -3.29. The van der Waals surface area contributed by atoms with Crippen LogP contribution in [0, 0.1) is 5.92 Å². The van der Waals surface area contributed by atoms with Crippen LogP contribution in [0.25, 0.3) is 0 Å². The molecule has 0 saturated carbocycles. The molecule has 0 fully saturated rings. The summed E-state index contributed by atoms with van der Waals surface area (Å²) in [6.07, 6.45) is 0.770. The standard InChI is InChI=1S/C20H24N2O6/c1-13(2)8-16(22-20(26)28-11-14-6-4-3-5-7-14)19(25)27-12-15-9-17(23)18(24)10-21-15/h3-7,9-10,13,16,24H,8,11-12H2,1-2H3,(H,21,23)(H,22,26)/t16-/m0/s1. The van der Waals surface area contributed by atoms with Crippen molar-refractivity contribution in [1.29, 1.82) is 0 Å². The average molecular weight is 388 g/mol. The first kappa shape index (κ1) is 21.0. The summed E-state index contributed by atoms with van der Waals surface area (Å²) in [5.41, 5.74) is 0.578. The third-order valence-corrected chi connectivity index (χ3v) is 3.82. The Morgan fingerprint density at radius 2 is 1.86 bits per heavy atom. The predicted molar refractivity (Wildman–Crippen MR) is 102 cm³/mol. The van der Waals surface area contributed by atoms with E-state index in [9.17, 15) is 19.5 Å². The highest BCUT2D eigenvalue weighted by Gasteiger charge is 2.24. The van der Waals surface area contributed by atoms with E-state index in [4.69, 9.17) is 9.47 Å². The summed E-state index contributed by atoms with van der Waals surface area (Å²) in [7, 11) is 0. The monoisotopic (exact) mass is 388 g/mol. The number of pyridine rings is 1. The maximum atomic E-state index is 12.4. The third-order valence-electron chi connectivity index (χ3n) is 3.82. The second kappa shape index (κ2) is 10.1. The fourth-order valence-electron chi connectivity index (χ4n) is 2.43. The Morgan fingerprint density at radius 3 is 2.50 bits per heavy atom. The number of esters is 1. The van der Waals surface area contributed by atoms with Crippen molar-refractivity contribution >= 4 is 12.1 Å². The summed E-state index contributed by atoms with van der Waals surface area (Å²) in [5, 5.41) is 11.8. The van der Waals surface area contributed by atoms with Gasteiger partial charge in [-0.3, -0.25) is 4.79 Å². The first-order valence-electron chi connectivity index (χ1n) is 8.89. The number of benzene rings is 1. The van der Waals surface area contributed by atoms with Gasteiger partial charge in [0.25, 0.3) is 0 Å². The number of hydrogen-bond donors (Lipinski definition) is 3. The van der Waals surface area contributed by atoms with Crippen molar-refractivity contribution in [2.45, 2.75) is 39.5 Å². The van der Waals surface area contributed by atoms with Crippen LogP contribution in [0.2, 0.25) is 0 Å². The van der Waals surface area contributed by atoms with E-state index in [1.165, 1.54) is 0 Å². The van der Waals surface area contributed by atoms with Crippen molar-refractivity contribution < 1.29 is 24.2 Å². The van der Waals surface area contributed by atoms with Gasteiger partial charge in [-0.1, -0.05) is 44.2 Å². The number of aromatic nitrogens is 1. The average Bonchev–Trinajstić information content (AvgIpc) is 2.67. The minimum Gasteiger partial charge on any atom is -0.503 e. The first-order chi connectivity index (χ1) is 13.3. The molecule has 0 radical (unpaired) electrons. The zero-order valence-corrected chi connectivity index (χ0v) is 15.8. The summed E-state index contributed by atoms with van der Waals surface area (Å²) in [6, 6.07) is 9.44. The Morgan fingerprint density at radius 1 is 1.14 bits per heavy atom. The number of ether oxygens (including phenoxy) is 2. The molecule has 0 aliphatic carbocycles. The topological polar surface area (TPSA) is 118 Å². The lowest BCUT2D eigenvalue weighted by atomic mass is 10.0. The molecule has 8 nitrogen and oxygen atoms in total. The Labute approximate surface area is 162 Å². The van der Waals surface area contributed by atoms with Crippen LogP contribution in [0.3, 0.4) is 0 Å². The second-order valence-electron chi connectivity index (χ2n) is 6.70. The maximum absolute atomic E-state index is 12.4. The lowest BCUT2D eigenvalue weighted by Gasteiger charge is -2.19. The van der Waals surface area contributed by atoms with Gasteiger partial charge in [-0.15, -0.1) is 0 Å². The first-order valence-corrected chi connectivity index (χ1v) is 8.89. The number of carbonyl (C=O) groups excluding carboxylic acids is 2. The summed E-state index contributed by atoms with van der Waals surface area (Å²) < 4.78 is 10.3. The van der Waals surface area contributed by atoms with Gasteiger partial charge in [-0.05, 0) is 17.9 Å². The van der Waals surface area contributed by atoms with E-state index in [2.05, 4.69) is 10.3 Å². The molecule has 1 heterocycles. The fourth-order valence-corrected chi connectivity index (χ4v) is 2.43. The summed E-state index contributed by atoms with van der Waals surface area (Å²) >= 11 is 0. The number of nitrogens with one attached hydrogen (secondary N) is 2. The van der Waals surface area contributed by atoms with Gasteiger partial charge >= 0.3 is 12.1 Å². The number of H-pyrrole nitrogens is 1. The van der Waals surface area contributed by atoms with Gasteiger partial charge in [0.05, 0.1) is 5.69 Å². The summed E-state index contributed by atoms with van der Waals surface area (Å²) in [6.45, 7) is 3.72. The third kappa shape index (κ3) is 6.79. The molecular weight excluding hydrogens is 364 g/mol. The SMILES string of the molecule is CC(C)C[C@H](NC(=O)OCc1ccccc1)C(=O)OCc1cc(=O)c(O)c[nH]1. The van der Waals surface area contributed by atoms with Crippen molar-refractivity contribution in [2.24, 2.45) is 5.92 Å². The maximum Gasteiger partial charge on any atom is 0.408 e. The van der Waals surface area contributed by atoms with E-state index < -0.39 is 29.3 Å². The molecule has 2 aromatic rings. The minimum atomic E-state index is -0.882. The number of aromatic amines is 1. The van der Waals surface area contributed by atoms with Crippen molar-refractivity contribution in [2.75, 3.05) is 0 Å². The molecule has 8 heteroatoms. The van der Waals surface area contributed by atoms with Crippen LogP contribution in [0.1, 0.15) is 31.5 Å². The zero-order valence-electron chi connectivity index (χ0n) is 15.8. The van der Waals surface area contributed by atoms with Crippen LogP contribution in [-0.2, 0) is 27.5 Å². The molecule has 3 N–H and O–H groups in total. The molecule has 1 atom stereocenters. The molecule has 1 amide bonds. The van der Waals surface area contributed by atoms with Crippen molar-refractivity contribution in [3.63, 3.8) is 0 Å². The van der Waals surface area contributed by atoms with Crippen LogP contribution >= 0.6 is 0 Å². The molecule has 28 heavy (non-hydrogen) atoms. The number of aromatic hydroxyl groups is 1. The lowest BCUT2D eigenvalue weighted by molar-refractivity contribution is -0.148. The number of amides is 1. The van der Waals surface area contributed by atoms with Gasteiger partial charge in [0.2, 0.25) is 5.43 Å². The summed E-state index contributed by atoms with van der Waals surface area (Å²) in [4.78, 5) is 38.5. The van der Waals surface area contributed by atoms with Crippen molar-refractivity contribution in [3.8, 4) is 5.75 Å². The number of carbonyl (C=O) groups is 2. The molecular formula is C20H24N2O6. The van der Waals surface area contributed by atoms with Crippen molar-refractivity contribution in [1.82, 2.24) is 10.3 Å². The fraction of sp³-hybridized carbons (Fsp3) is 0.350. The highest BCUT2D eigenvalue weighted by atomic mass is 16.6. The van der Waals surface area contributed by atoms with Crippen LogP contribution in [0.5, 0.6) is 5.75 Å². The van der Waals surface area contributed by atoms with Crippen LogP contribution in [0.15, 0.2) is 47.4 Å². The smallest absolute Gasteiger partial charge is 0.408 e. The number of alkyl carbamates (subject to hydrolysis) is 1. The molecule has 0 spiro atoms. The number of rotatable bonds is 8. The number of hydrogen-bond acceptors (Lipinski definition) is 6. The Bertz CT molecular complexity index is 847. The Kier molecular flexibility index (Phi) is 7.62. The van der Waals surface area contributed by atoms with Crippen molar-refractivity contribution in [3.05, 3.63) is 64.1 Å². The van der Waals surface area contributed by atoms with E-state index in [0.717, 1.165) is 17.8 Å². The van der Waals surface area contributed by atoms with Gasteiger partial charge in [-0.25, -0.2) is 9.59 Å². The van der Waals surface area contributed by atoms with E-state index >= 15 is 0 Å². The van der Waals surface area contributed by atoms with Gasteiger partial charge in [0, 0.05) is 12.3 Å². The van der Waals surface area contributed by atoms with E-state index in [0.29, 0.717) is 12.1 Å². The zero-order chi connectivity index (χ0) is 20.5. The van der Waals surface area contributed by atoms with Crippen LogP contribution < -0.4 is 10.7 Å². The molecule has 150 valence electrons. The quantitative estimate of drug-likeness (QED) is 0.598. The largest absolute Gasteiger partial charge is 0.503 e. The van der Waals surface area contributed by atoms with E-state index in [-0.39, 0.29) is 19.1 Å². The highest BCUT2D eigenvalue weighted by molar-refractivity contribution is 5.81. The van der Waals surface area contributed by atoms with Gasteiger partial charge in [-0.2, -0.15) is 0 Å². The molecule has 0 unspecified atom stereocenters. The summed E-state index contributed by atoms with van der Waals surface area (Å²) in [5.74, 6) is -0.935. The molecule has 2 rings (SSSR count). The molecule has 0 aliphatic heterocycles. The molecule has 1 aromatic heterocycles. The van der Waals surface area contributed by atoms with Crippen LogP contribution in [-0.4, -0.2) is 28.2 Å². The molecule has 1 aromatic carbocycles.